The minimum Gasteiger partial charge on any atom is -0.497 e. The number of benzene rings is 3. The molecule has 0 saturated carbocycles. The number of hydrogen-bond donors (Lipinski definition) is 5. The smallest absolute Gasteiger partial charge is 0.290 e. The first kappa shape index (κ1) is 28.9. The van der Waals surface area contributed by atoms with E-state index in [0.29, 0.717) is 30.5 Å². The van der Waals surface area contributed by atoms with Crippen molar-refractivity contribution < 1.29 is 24.2 Å². The number of ether oxygens (including phenoxy) is 1. The third-order valence-electron chi connectivity index (χ3n) is 6.65. The van der Waals surface area contributed by atoms with Crippen LogP contribution in [0.25, 0.3) is 0 Å². The van der Waals surface area contributed by atoms with E-state index in [2.05, 4.69) is 16.7 Å². The van der Waals surface area contributed by atoms with Crippen molar-refractivity contribution in [1.29, 1.82) is 5.41 Å². The van der Waals surface area contributed by atoms with Crippen LogP contribution >= 0.6 is 0 Å². The van der Waals surface area contributed by atoms with E-state index in [1.165, 1.54) is 11.1 Å². The molecular weight excluding hydrogens is 496 g/mol. The molecule has 9 heteroatoms. The summed E-state index contributed by atoms with van der Waals surface area (Å²) in [4.78, 5) is 35.0. The van der Waals surface area contributed by atoms with Crippen LogP contribution in [0.5, 0.6) is 5.75 Å². The fraction of sp³-hybridized carbons (Fsp3) is 0.267. The van der Waals surface area contributed by atoms with Crippen molar-refractivity contribution in [2.45, 2.75) is 38.1 Å². The van der Waals surface area contributed by atoms with Gasteiger partial charge in [-0.25, -0.2) is 0 Å². The maximum atomic E-state index is 13.4. The lowest BCUT2D eigenvalue weighted by Crippen LogP contribution is -2.45. The standard InChI is InChI=1S/C29H32N4O3.CH2O2/c1-36-25-15-11-20-8-14-24(17-22(20)18-25)33-29(35)26(16-7-19-5-3-2-4-6-19)28(34)32-23-12-9-21(10-13-23)27(30)31;2-1-3/h2-6,9-13,15,18,24,26H,7-8,14,16-17H2,1H3,(H3,30,31)(H,32,34)(H,33,35);1H,(H,2,3)/t24-,26?;/m0./s1. The number of amidine groups is 1. The second kappa shape index (κ2) is 14.3. The molecule has 0 bridgehead atoms. The lowest BCUT2D eigenvalue weighted by molar-refractivity contribution is -0.133. The number of carbonyl (C=O) groups is 3. The lowest BCUT2D eigenvalue weighted by atomic mass is 9.87. The zero-order valence-electron chi connectivity index (χ0n) is 21.9. The number of nitrogen functional groups attached to an aromatic ring is 1. The van der Waals surface area contributed by atoms with Crippen molar-refractivity contribution >= 4 is 29.8 Å². The summed E-state index contributed by atoms with van der Waals surface area (Å²) in [5, 5.41) is 20.4. The summed E-state index contributed by atoms with van der Waals surface area (Å²) in [5.41, 5.74) is 10.2. The zero-order chi connectivity index (χ0) is 28.2. The second-order valence-electron chi connectivity index (χ2n) is 9.25. The normalized spacial score (nSPS) is 14.4. The Bertz CT molecular complexity index is 1280. The Morgan fingerprint density at radius 1 is 1.08 bits per heavy atom. The van der Waals surface area contributed by atoms with Gasteiger partial charge < -0.3 is 26.2 Å². The van der Waals surface area contributed by atoms with Crippen LogP contribution in [0.15, 0.2) is 72.8 Å². The highest BCUT2D eigenvalue weighted by molar-refractivity contribution is 6.06. The molecule has 1 aliphatic carbocycles. The molecule has 6 N–H and O–H groups in total. The molecule has 1 unspecified atom stereocenters. The van der Waals surface area contributed by atoms with Crippen LogP contribution in [0.3, 0.4) is 0 Å². The lowest BCUT2D eigenvalue weighted by Gasteiger charge is -2.27. The van der Waals surface area contributed by atoms with E-state index >= 15 is 0 Å². The van der Waals surface area contributed by atoms with Crippen molar-refractivity contribution in [2.24, 2.45) is 11.7 Å². The van der Waals surface area contributed by atoms with Gasteiger partial charge >= 0.3 is 0 Å². The van der Waals surface area contributed by atoms with Gasteiger partial charge in [0.2, 0.25) is 11.8 Å². The Labute approximate surface area is 227 Å². The van der Waals surface area contributed by atoms with Crippen LogP contribution in [0, 0.1) is 11.3 Å². The minimum atomic E-state index is -0.843. The van der Waals surface area contributed by atoms with Gasteiger partial charge in [0, 0.05) is 17.3 Å². The fourth-order valence-electron chi connectivity index (χ4n) is 4.58. The van der Waals surface area contributed by atoms with Crippen molar-refractivity contribution in [3.8, 4) is 5.75 Å². The minimum absolute atomic E-state index is 0.0420. The van der Waals surface area contributed by atoms with Crippen LogP contribution in [0.1, 0.15) is 35.1 Å². The molecule has 0 heterocycles. The number of methoxy groups -OCH3 is 1. The average molecular weight is 531 g/mol. The molecule has 9 nitrogen and oxygen atoms in total. The van der Waals surface area contributed by atoms with E-state index in [1.807, 2.05) is 42.5 Å². The molecule has 39 heavy (non-hydrogen) atoms. The highest BCUT2D eigenvalue weighted by Crippen LogP contribution is 2.26. The summed E-state index contributed by atoms with van der Waals surface area (Å²) >= 11 is 0. The van der Waals surface area contributed by atoms with Crippen LogP contribution < -0.4 is 21.1 Å². The van der Waals surface area contributed by atoms with E-state index in [0.717, 1.165) is 24.2 Å². The van der Waals surface area contributed by atoms with E-state index in [1.54, 1.807) is 31.4 Å². The van der Waals surface area contributed by atoms with Gasteiger partial charge in [-0.3, -0.25) is 19.8 Å². The summed E-state index contributed by atoms with van der Waals surface area (Å²) < 4.78 is 5.36. The number of rotatable bonds is 9. The number of carboxylic acid groups (broad SMARTS) is 1. The molecule has 0 fully saturated rings. The molecule has 0 aromatic heterocycles. The van der Waals surface area contributed by atoms with Crippen molar-refractivity contribution in [3.05, 3.63) is 95.1 Å². The summed E-state index contributed by atoms with van der Waals surface area (Å²) in [6.07, 6.45) is 3.40. The monoisotopic (exact) mass is 530 g/mol. The maximum Gasteiger partial charge on any atom is 0.290 e. The average Bonchev–Trinajstić information content (AvgIpc) is 2.94. The van der Waals surface area contributed by atoms with Crippen LogP contribution in [-0.2, 0) is 33.6 Å². The SMILES string of the molecule is COc1ccc2c(c1)C[C@@H](NC(=O)C(CCc1ccccc1)C(=O)Nc1ccc(C(=N)N)cc1)CC2.O=CO. The number of aryl methyl sites for hydroxylation is 2. The summed E-state index contributed by atoms with van der Waals surface area (Å²) in [7, 11) is 1.65. The summed E-state index contributed by atoms with van der Waals surface area (Å²) in [6.45, 7) is -0.250. The molecule has 1 aliphatic rings. The van der Waals surface area contributed by atoms with Crippen molar-refractivity contribution in [3.63, 3.8) is 0 Å². The summed E-state index contributed by atoms with van der Waals surface area (Å²) in [5.74, 6) is -0.697. The number of anilines is 1. The molecule has 0 aliphatic heterocycles. The number of amides is 2. The number of hydrogen-bond acceptors (Lipinski definition) is 5. The van der Waals surface area contributed by atoms with Gasteiger partial charge in [0.15, 0.2) is 0 Å². The number of carbonyl (C=O) groups excluding carboxylic acids is 2. The van der Waals surface area contributed by atoms with Gasteiger partial charge in [-0.05, 0) is 85.2 Å². The maximum absolute atomic E-state index is 13.4. The van der Waals surface area contributed by atoms with Gasteiger partial charge in [-0.15, -0.1) is 0 Å². The quantitative estimate of drug-likeness (QED) is 0.123. The Morgan fingerprint density at radius 2 is 1.77 bits per heavy atom. The van der Waals surface area contributed by atoms with E-state index in [-0.39, 0.29) is 30.2 Å². The van der Waals surface area contributed by atoms with Crippen molar-refractivity contribution in [2.75, 3.05) is 12.4 Å². The number of nitrogens with one attached hydrogen (secondary N) is 3. The van der Waals surface area contributed by atoms with Crippen LogP contribution in [0.4, 0.5) is 5.69 Å². The van der Waals surface area contributed by atoms with Crippen LogP contribution in [0.2, 0.25) is 0 Å². The first-order valence-electron chi connectivity index (χ1n) is 12.7. The second-order valence-corrected chi connectivity index (χ2v) is 9.25. The van der Waals surface area contributed by atoms with Gasteiger partial charge in [0.25, 0.3) is 6.47 Å². The van der Waals surface area contributed by atoms with Crippen molar-refractivity contribution in [1.82, 2.24) is 5.32 Å². The third kappa shape index (κ3) is 8.43. The molecule has 0 radical (unpaired) electrons. The Kier molecular flexibility index (Phi) is 10.6. The number of fused-ring (bicyclic) bond motifs is 1. The first-order chi connectivity index (χ1) is 18.8. The predicted octanol–water partition coefficient (Wildman–Crippen LogP) is 3.54. The van der Waals surface area contributed by atoms with Gasteiger partial charge in [-0.1, -0.05) is 36.4 Å². The Balaban J connectivity index is 0.00000134. The van der Waals surface area contributed by atoms with Crippen LogP contribution in [-0.4, -0.2) is 42.4 Å². The third-order valence-corrected chi connectivity index (χ3v) is 6.65. The largest absolute Gasteiger partial charge is 0.497 e. The Hall–Kier alpha value is -4.66. The first-order valence-corrected chi connectivity index (χ1v) is 12.7. The molecule has 4 rings (SSSR count). The molecule has 0 saturated heterocycles. The fourth-order valence-corrected chi connectivity index (χ4v) is 4.58. The molecule has 3 aromatic carbocycles. The number of nitrogens with two attached hydrogens (primary N) is 1. The highest BCUT2D eigenvalue weighted by Gasteiger charge is 2.29. The molecular formula is C30H34N4O5. The molecule has 2 amide bonds. The molecule has 204 valence electrons. The molecule has 0 spiro atoms. The Morgan fingerprint density at radius 3 is 2.41 bits per heavy atom. The van der Waals surface area contributed by atoms with Gasteiger partial charge in [0.1, 0.15) is 17.5 Å². The molecule has 2 atom stereocenters. The van der Waals surface area contributed by atoms with Gasteiger partial charge in [0.05, 0.1) is 7.11 Å². The highest BCUT2D eigenvalue weighted by atomic mass is 16.5. The topological polar surface area (TPSA) is 155 Å². The van der Waals surface area contributed by atoms with E-state index in [4.69, 9.17) is 25.8 Å². The van der Waals surface area contributed by atoms with E-state index in [9.17, 15) is 9.59 Å². The summed E-state index contributed by atoms with van der Waals surface area (Å²) in [6, 6.07) is 22.6. The van der Waals surface area contributed by atoms with E-state index < -0.39 is 5.92 Å². The molecule has 3 aromatic rings. The zero-order valence-corrected chi connectivity index (χ0v) is 21.9. The van der Waals surface area contributed by atoms with Gasteiger partial charge in [-0.2, -0.15) is 0 Å². The predicted molar refractivity (Wildman–Crippen MR) is 150 cm³/mol.